The molecule has 1 aromatic rings. The number of anilines is 1. The van der Waals surface area contributed by atoms with Gasteiger partial charge in [-0.3, -0.25) is 9.59 Å². The number of carbonyl (C=O) groups is 3. The van der Waals surface area contributed by atoms with E-state index in [1.807, 2.05) is 0 Å². The maximum absolute atomic E-state index is 12.8. The lowest BCUT2D eigenvalue weighted by molar-refractivity contribution is -0.137. The summed E-state index contributed by atoms with van der Waals surface area (Å²) >= 11 is 5.90. The van der Waals surface area contributed by atoms with Gasteiger partial charge in [0.1, 0.15) is 11.6 Å². The summed E-state index contributed by atoms with van der Waals surface area (Å²) in [4.78, 5) is 38.6. The van der Waals surface area contributed by atoms with E-state index in [0.29, 0.717) is 23.6 Å². The van der Waals surface area contributed by atoms with E-state index in [1.54, 1.807) is 31.2 Å². The van der Waals surface area contributed by atoms with Crippen LogP contribution in [0, 0.1) is 0 Å². The third-order valence-electron chi connectivity index (χ3n) is 4.76. The van der Waals surface area contributed by atoms with Crippen molar-refractivity contribution in [3.05, 3.63) is 29.3 Å². The monoisotopic (exact) mass is 349 g/mol. The van der Waals surface area contributed by atoms with Crippen molar-refractivity contribution in [1.29, 1.82) is 0 Å². The number of amides is 4. The highest BCUT2D eigenvalue weighted by molar-refractivity contribution is 6.30. The lowest BCUT2D eigenvalue weighted by Gasteiger charge is -2.31. The molecule has 3 rings (SSSR count). The number of carbonyl (C=O) groups excluding carboxylic acids is 3. The van der Waals surface area contributed by atoms with Crippen molar-refractivity contribution in [2.45, 2.75) is 50.6 Å². The van der Waals surface area contributed by atoms with Gasteiger partial charge in [-0.2, -0.15) is 0 Å². The number of rotatable bonds is 3. The lowest BCUT2D eigenvalue weighted by Crippen LogP contribution is -2.50. The standard InChI is InChI=1S/C17H20ClN3O3/c1-11(14(22)19-13-7-5-6-12(18)10-13)21-15(23)17(20-16(21)24)8-3-2-4-9-17/h5-7,10-11H,2-4,8-9H2,1H3,(H,19,22)(H,20,24)/t11-/m0/s1. The summed E-state index contributed by atoms with van der Waals surface area (Å²) in [7, 11) is 0. The van der Waals surface area contributed by atoms with E-state index in [9.17, 15) is 14.4 Å². The summed E-state index contributed by atoms with van der Waals surface area (Å²) in [6.45, 7) is 1.55. The van der Waals surface area contributed by atoms with Gasteiger partial charge in [-0.1, -0.05) is 36.9 Å². The van der Waals surface area contributed by atoms with Gasteiger partial charge in [0.05, 0.1) is 0 Å². The minimum absolute atomic E-state index is 0.291. The molecule has 2 aliphatic rings. The molecule has 6 nitrogen and oxygen atoms in total. The topological polar surface area (TPSA) is 78.5 Å². The van der Waals surface area contributed by atoms with Crippen LogP contribution in [0.25, 0.3) is 0 Å². The van der Waals surface area contributed by atoms with Gasteiger partial charge >= 0.3 is 6.03 Å². The van der Waals surface area contributed by atoms with Gasteiger partial charge < -0.3 is 10.6 Å². The lowest BCUT2D eigenvalue weighted by atomic mass is 9.81. The van der Waals surface area contributed by atoms with Crippen molar-refractivity contribution in [3.63, 3.8) is 0 Å². The Morgan fingerprint density at radius 1 is 1.29 bits per heavy atom. The Hall–Kier alpha value is -2.08. The summed E-state index contributed by atoms with van der Waals surface area (Å²) in [5.41, 5.74) is -0.293. The smallest absolute Gasteiger partial charge is 0.324 e. The van der Waals surface area contributed by atoms with Crippen molar-refractivity contribution in [2.75, 3.05) is 5.32 Å². The maximum atomic E-state index is 12.8. The Bertz CT molecular complexity index is 685. The molecule has 2 N–H and O–H groups in total. The van der Waals surface area contributed by atoms with Crippen LogP contribution in [-0.2, 0) is 9.59 Å². The van der Waals surface area contributed by atoms with Crippen molar-refractivity contribution in [1.82, 2.24) is 10.2 Å². The predicted octanol–water partition coefficient (Wildman–Crippen LogP) is 2.92. The van der Waals surface area contributed by atoms with Gasteiger partial charge in [0.2, 0.25) is 5.91 Å². The number of hydrogen-bond donors (Lipinski definition) is 2. The van der Waals surface area contributed by atoms with Crippen LogP contribution in [0.3, 0.4) is 0 Å². The Balaban J connectivity index is 1.74. The van der Waals surface area contributed by atoms with Gasteiger partial charge in [0.15, 0.2) is 0 Å². The summed E-state index contributed by atoms with van der Waals surface area (Å²) in [6.07, 6.45) is 4.15. The number of hydrogen-bond acceptors (Lipinski definition) is 3. The predicted molar refractivity (Wildman–Crippen MR) is 90.7 cm³/mol. The molecule has 0 aromatic heterocycles. The van der Waals surface area contributed by atoms with Gasteiger partial charge in [0.25, 0.3) is 5.91 Å². The molecular formula is C17H20ClN3O3. The minimum atomic E-state index is -0.891. The molecule has 24 heavy (non-hydrogen) atoms. The first-order valence-electron chi connectivity index (χ1n) is 8.15. The molecule has 1 saturated carbocycles. The van der Waals surface area contributed by atoms with Crippen LogP contribution in [0.5, 0.6) is 0 Å². The van der Waals surface area contributed by atoms with E-state index in [1.165, 1.54) is 0 Å². The molecule has 0 radical (unpaired) electrons. The van der Waals surface area contributed by atoms with E-state index < -0.39 is 23.5 Å². The van der Waals surface area contributed by atoms with Crippen LogP contribution in [0.4, 0.5) is 10.5 Å². The second kappa shape index (κ2) is 6.43. The van der Waals surface area contributed by atoms with E-state index in [-0.39, 0.29) is 5.91 Å². The van der Waals surface area contributed by atoms with Crippen LogP contribution in [0.2, 0.25) is 5.02 Å². The van der Waals surface area contributed by atoms with E-state index in [4.69, 9.17) is 11.6 Å². The van der Waals surface area contributed by atoms with Gasteiger partial charge in [-0.05, 0) is 38.0 Å². The summed E-state index contributed by atoms with van der Waals surface area (Å²) < 4.78 is 0. The van der Waals surface area contributed by atoms with Crippen LogP contribution >= 0.6 is 11.6 Å². The number of imide groups is 1. The molecule has 7 heteroatoms. The van der Waals surface area contributed by atoms with Crippen LogP contribution in [0.1, 0.15) is 39.0 Å². The Morgan fingerprint density at radius 3 is 2.67 bits per heavy atom. The number of benzene rings is 1. The molecule has 2 fully saturated rings. The van der Waals surface area contributed by atoms with E-state index in [2.05, 4.69) is 10.6 Å². The molecule has 1 aliphatic carbocycles. The zero-order valence-electron chi connectivity index (χ0n) is 13.5. The van der Waals surface area contributed by atoms with Crippen molar-refractivity contribution < 1.29 is 14.4 Å². The van der Waals surface area contributed by atoms with Crippen LogP contribution < -0.4 is 10.6 Å². The van der Waals surface area contributed by atoms with Crippen LogP contribution in [0.15, 0.2) is 24.3 Å². The van der Waals surface area contributed by atoms with Crippen molar-refractivity contribution >= 4 is 35.1 Å². The second-order valence-corrected chi connectivity index (χ2v) is 6.86. The number of urea groups is 1. The highest BCUT2D eigenvalue weighted by Gasteiger charge is 2.53. The molecular weight excluding hydrogens is 330 g/mol. The summed E-state index contributed by atoms with van der Waals surface area (Å²) in [6, 6.07) is 5.35. The average Bonchev–Trinajstić information content (AvgIpc) is 2.78. The highest BCUT2D eigenvalue weighted by atomic mass is 35.5. The fraction of sp³-hybridized carbons (Fsp3) is 0.471. The largest absolute Gasteiger partial charge is 0.325 e. The first-order chi connectivity index (χ1) is 11.4. The molecule has 0 unspecified atom stereocenters. The molecule has 1 aliphatic heterocycles. The maximum Gasteiger partial charge on any atom is 0.325 e. The highest BCUT2D eigenvalue weighted by Crippen LogP contribution is 2.34. The molecule has 1 atom stereocenters. The molecule has 4 amide bonds. The van der Waals surface area contributed by atoms with Gasteiger partial charge in [0, 0.05) is 10.7 Å². The van der Waals surface area contributed by atoms with Crippen LogP contribution in [-0.4, -0.2) is 34.3 Å². The molecule has 128 valence electrons. The third-order valence-corrected chi connectivity index (χ3v) is 4.99. The third kappa shape index (κ3) is 2.98. The van der Waals surface area contributed by atoms with E-state index in [0.717, 1.165) is 24.2 Å². The fourth-order valence-corrected chi connectivity index (χ4v) is 3.61. The average molecular weight is 350 g/mol. The molecule has 1 aromatic carbocycles. The normalized spacial score (nSPS) is 20.8. The first kappa shape index (κ1) is 16.8. The quantitative estimate of drug-likeness (QED) is 0.823. The Morgan fingerprint density at radius 2 is 2.00 bits per heavy atom. The molecule has 1 saturated heterocycles. The Labute approximate surface area is 145 Å². The van der Waals surface area contributed by atoms with Crippen molar-refractivity contribution in [2.24, 2.45) is 0 Å². The first-order valence-corrected chi connectivity index (χ1v) is 8.53. The fourth-order valence-electron chi connectivity index (χ4n) is 3.42. The number of nitrogens with zero attached hydrogens (tertiary/aromatic N) is 1. The van der Waals surface area contributed by atoms with Gasteiger partial charge in [-0.25, -0.2) is 9.69 Å². The SMILES string of the molecule is C[C@@H](C(=O)Nc1cccc(Cl)c1)N1C(=O)NC2(CCCCC2)C1=O. The van der Waals surface area contributed by atoms with E-state index >= 15 is 0 Å². The zero-order valence-corrected chi connectivity index (χ0v) is 14.2. The molecule has 1 spiro atoms. The summed E-state index contributed by atoms with van der Waals surface area (Å²) in [5.74, 6) is -0.713. The molecule has 1 heterocycles. The number of halogens is 1. The van der Waals surface area contributed by atoms with Gasteiger partial charge in [-0.15, -0.1) is 0 Å². The van der Waals surface area contributed by atoms with Crippen molar-refractivity contribution in [3.8, 4) is 0 Å². The minimum Gasteiger partial charge on any atom is -0.324 e. The zero-order chi connectivity index (χ0) is 17.3. The number of nitrogens with one attached hydrogen (secondary N) is 2. The Kier molecular flexibility index (Phi) is 4.49. The second-order valence-electron chi connectivity index (χ2n) is 6.42. The summed E-state index contributed by atoms with van der Waals surface area (Å²) in [5, 5.41) is 6.01. The molecule has 0 bridgehead atoms.